The van der Waals surface area contributed by atoms with Gasteiger partial charge in [0.2, 0.25) is 5.88 Å². The summed E-state index contributed by atoms with van der Waals surface area (Å²) in [5, 5.41) is 19.7. The molecular weight excluding hydrogens is 437 g/mol. The SMILES string of the molecule is CC(C)c1cc(OC2=C(Cl)CC(C)(n3nc(CO)c(=O)[nH]c3=O)C=C2Cl)n[nH]c1=O. The Morgan fingerprint density at radius 1 is 1.30 bits per heavy atom. The van der Waals surface area contributed by atoms with Crippen molar-refractivity contribution in [1.29, 1.82) is 0 Å². The Hall–Kier alpha value is -2.69. The summed E-state index contributed by atoms with van der Waals surface area (Å²) in [5.74, 6) is 0.163. The number of nitrogens with zero attached hydrogens (tertiary/aromatic N) is 3. The van der Waals surface area contributed by atoms with Gasteiger partial charge in [-0.1, -0.05) is 37.0 Å². The highest BCUT2D eigenvalue weighted by Crippen LogP contribution is 2.39. The molecule has 10 nitrogen and oxygen atoms in total. The van der Waals surface area contributed by atoms with Gasteiger partial charge < -0.3 is 9.84 Å². The number of hydrogen-bond acceptors (Lipinski definition) is 7. The molecule has 0 spiro atoms. The summed E-state index contributed by atoms with van der Waals surface area (Å²) < 4.78 is 6.71. The van der Waals surface area contributed by atoms with Crippen molar-refractivity contribution in [3.63, 3.8) is 0 Å². The Labute approximate surface area is 179 Å². The zero-order valence-corrected chi connectivity index (χ0v) is 17.8. The molecule has 2 heterocycles. The first kappa shape index (κ1) is 22.0. The highest BCUT2D eigenvalue weighted by atomic mass is 35.5. The van der Waals surface area contributed by atoms with Gasteiger partial charge in [-0.3, -0.25) is 14.6 Å². The molecule has 0 fully saturated rings. The summed E-state index contributed by atoms with van der Waals surface area (Å²) in [6, 6.07) is 1.50. The van der Waals surface area contributed by atoms with Gasteiger partial charge in [-0.05, 0) is 18.9 Å². The molecule has 3 N–H and O–H groups in total. The molecule has 0 bridgehead atoms. The van der Waals surface area contributed by atoms with E-state index in [9.17, 15) is 19.5 Å². The third-order valence-corrected chi connectivity index (χ3v) is 5.17. The van der Waals surface area contributed by atoms with Crippen LogP contribution in [0.4, 0.5) is 0 Å². The minimum absolute atomic E-state index is 0.0527. The van der Waals surface area contributed by atoms with Gasteiger partial charge >= 0.3 is 5.69 Å². The summed E-state index contributed by atoms with van der Waals surface area (Å²) in [6.07, 6.45) is 1.56. The van der Waals surface area contributed by atoms with E-state index in [1.165, 1.54) is 12.1 Å². The number of H-pyrrole nitrogens is 2. The zero-order valence-electron chi connectivity index (χ0n) is 16.3. The molecule has 0 saturated heterocycles. The summed E-state index contributed by atoms with van der Waals surface area (Å²) in [7, 11) is 0. The first-order chi connectivity index (χ1) is 14.1. The van der Waals surface area contributed by atoms with Crippen LogP contribution >= 0.6 is 23.2 Å². The smallest absolute Gasteiger partial charge is 0.345 e. The summed E-state index contributed by atoms with van der Waals surface area (Å²) in [4.78, 5) is 37.9. The fraction of sp³-hybridized carbons (Fsp3) is 0.389. The predicted molar refractivity (Wildman–Crippen MR) is 110 cm³/mol. The Morgan fingerprint density at radius 3 is 2.60 bits per heavy atom. The van der Waals surface area contributed by atoms with Crippen molar-refractivity contribution in [3.05, 3.63) is 70.4 Å². The Balaban J connectivity index is 1.99. The Kier molecular flexibility index (Phi) is 6.02. The minimum Gasteiger partial charge on any atom is -0.435 e. The van der Waals surface area contributed by atoms with Crippen LogP contribution in [0.2, 0.25) is 0 Å². The second-order valence-corrected chi connectivity index (χ2v) is 8.15. The summed E-state index contributed by atoms with van der Waals surface area (Å²) in [5.41, 5.74) is -2.74. The van der Waals surface area contributed by atoms with Crippen LogP contribution in [-0.4, -0.2) is 30.1 Å². The molecule has 1 unspecified atom stereocenters. The summed E-state index contributed by atoms with van der Waals surface area (Å²) in [6.45, 7) is 4.71. The number of halogens is 2. The van der Waals surface area contributed by atoms with Gasteiger partial charge in [0, 0.05) is 18.1 Å². The maximum Gasteiger partial charge on any atom is 0.345 e. The topological polar surface area (TPSA) is 143 Å². The lowest BCUT2D eigenvalue weighted by atomic mass is 9.92. The molecule has 1 aliphatic carbocycles. The lowest BCUT2D eigenvalue weighted by molar-refractivity contribution is 0.257. The van der Waals surface area contributed by atoms with E-state index in [1.807, 2.05) is 13.8 Å². The number of hydrogen-bond donors (Lipinski definition) is 3. The second-order valence-electron chi connectivity index (χ2n) is 7.28. The average molecular weight is 456 g/mol. The van der Waals surface area contributed by atoms with Crippen molar-refractivity contribution in [1.82, 2.24) is 25.0 Å². The monoisotopic (exact) mass is 455 g/mol. The number of aromatic nitrogens is 5. The molecular formula is C18H19Cl2N5O5. The average Bonchev–Trinajstić information content (AvgIpc) is 2.65. The third kappa shape index (κ3) is 4.11. The van der Waals surface area contributed by atoms with Gasteiger partial charge in [0.1, 0.15) is 0 Å². The highest BCUT2D eigenvalue weighted by molar-refractivity contribution is 6.35. The van der Waals surface area contributed by atoms with E-state index in [-0.39, 0.29) is 45.3 Å². The first-order valence-electron chi connectivity index (χ1n) is 8.94. The Bertz CT molecular complexity index is 1230. The van der Waals surface area contributed by atoms with Gasteiger partial charge in [0.05, 0.1) is 22.2 Å². The van der Waals surface area contributed by atoms with Crippen LogP contribution in [0.25, 0.3) is 0 Å². The Morgan fingerprint density at radius 2 is 2.00 bits per heavy atom. The largest absolute Gasteiger partial charge is 0.435 e. The van der Waals surface area contributed by atoms with E-state index in [2.05, 4.69) is 20.3 Å². The molecule has 1 atom stereocenters. The number of aromatic amines is 2. The lowest BCUT2D eigenvalue weighted by Crippen LogP contribution is -2.45. The van der Waals surface area contributed by atoms with Crippen LogP contribution in [0.5, 0.6) is 5.88 Å². The maximum absolute atomic E-state index is 12.3. The van der Waals surface area contributed by atoms with Crippen molar-refractivity contribution in [2.45, 2.75) is 45.3 Å². The van der Waals surface area contributed by atoms with Gasteiger partial charge in [-0.15, -0.1) is 5.10 Å². The van der Waals surface area contributed by atoms with Crippen molar-refractivity contribution in [2.75, 3.05) is 0 Å². The van der Waals surface area contributed by atoms with Crippen molar-refractivity contribution in [3.8, 4) is 5.88 Å². The number of aliphatic hydroxyl groups is 1. The number of ether oxygens (including phenoxy) is 1. The van der Waals surface area contributed by atoms with Crippen LogP contribution in [0.15, 0.2) is 42.3 Å². The number of aliphatic hydroxyl groups excluding tert-OH is 1. The predicted octanol–water partition coefficient (Wildman–Crippen LogP) is 1.40. The molecule has 2 aromatic heterocycles. The lowest BCUT2D eigenvalue weighted by Gasteiger charge is -2.31. The van der Waals surface area contributed by atoms with Gasteiger partial charge in [0.25, 0.3) is 11.1 Å². The normalized spacial score (nSPS) is 19.2. The van der Waals surface area contributed by atoms with Crippen LogP contribution in [0.3, 0.4) is 0 Å². The van der Waals surface area contributed by atoms with Crippen molar-refractivity contribution >= 4 is 23.2 Å². The molecule has 1 aliphatic rings. The van der Waals surface area contributed by atoms with Gasteiger partial charge in [-0.2, -0.15) is 5.10 Å². The van der Waals surface area contributed by atoms with Crippen LogP contribution < -0.4 is 21.5 Å². The highest BCUT2D eigenvalue weighted by Gasteiger charge is 2.35. The molecule has 12 heteroatoms. The molecule has 0 saturated carbocycles. The minimum atomic E-state index is -1.13. The molecule has 2 aromatic rings. The molecule has 0 aromatic carbocycles. The van der Waals surface area contributed by atoms with E-state index in [4.69, 9.17) is 27.9 Å². The third-order valence-electron chi connectivity index (χ3n) is 4.58. The molecule has 0 aliphatic heterocycles. The van der Waals surface area contributed by atoms with Crippen LogP contribution in [0, 0.1) is 0 Å². The van der Waals surface area contributed by atoms with Crippen molar-refractivity contribution in [2.24, 2.45) is 0 Å². The first-order valence-corrected chi connectivity index (χ1v) is 9.70. The quantitative estimate of drug-likeness (QED) is 0.617. The van der Waals surface area contributed by atoms with E-state index >= 15 is 0 Å². The van der Waals surface area contributed by atoms with E-state index in [1.54, 1.807) is 6.92 Å². The number of nitrogens with one attached hydrogen (secondary N) is 2. The number of allylic oxidation sites excluding steroid dienone is 3. The fourth-order valence-electron chi connectivity index (χ4n) is 3.02. The molecule has 160 valence electrons. The standard InChI is InChI=1S/C18H19Cl2N5O5/c1-8(2)9-4-13(22-23-15(9)27)30-14-10(19)5-18(3,6-11(14)20)25-17(29)21-16(28)12(7-26)24-25/h4-5,8,26H,6-7H2,1-3H3,(H,23,27)(H,21,28,29). The summed E-state index contributed by atoms with van der Waals surface area (Å²) >= 11 is 12.8. The second kappa shape index (κ2) is 8.21. The van der Waals surface area contributed by atoms with Gasteiger partial charge in [-0.25, -0.2) is 14.6 Å². The van der Waals surface area contributed by atoms with E-state index in [0.717, 1.165) is 4.68 Å². The fourth-order valence-corrected chi connectivity index (χ4v) is 3.87. The van der Waals surface area contributed by atoms with Gasteiger partial charge in [0.15, 0.2) is 11.5 Å². The molecule has 30 heavy (non-hydrogen) atoms. The molecule has 0 amide bonds. The molecule has 3 rings (SSSR count). The van der Waals surface area contributed by atoms with Crippen molar-refractivity contribution < 1.29 is 9.84 Å². The van der Waals surface area contributed by atoms with E-state index in [0.29, 0.717) is 5.56 Å². The number of rotatable bonds is 5. The van der Waals surface area contributed by atoms with E-state index < -0.39 is 23.4 Å². The molecule has 0 radical (unpaired) electrons. The maximum atomic E-state index is 12.3. The van der Waals surface area contributed by atoms with Crippen LogP contribution in [0.1, 0.15) is 44.4 Å². The van der Waals surface area contributed by atoms with Crippen LogP contribution in [-0.2, 0) is 12.1 Å². The zero-order chi connectivity index (χ0) is 22.2.